The standard InChI is InChI=1S/C20H30N2O4/c1-2-3-7-10-21-20(24)18(22-11-13-25-14-12-22)16-26-19(23)15-17-8-5-4-6-9-17/h4-6,8-9,18H,2-3,7,10-16H2,1H3,(H,21,24). The molecule has 6 nitrogen and oxygen atoms in total. The molecule has 1 atom stereocenters. The van der Waals surface area contributed by atoms with Crippen molar-refractivity contribution < 1.29 is 19.1 Å². The average molecular weight is 362 g/mol. The van der Waals surface area contributed by atoms with Gasteiger partial charge in [0.15, 0.2) is 0 Å². The summed E-state index contributed by atoms with van der Waals surface area (Å²) >= 11 is 0. The van der Waals surface area contributed by atoms with E-state index >= 15 is 0 Å². The first-order valence-corrected chi connectivity index (χ1v) is 9.49. The van der Waals surface area contributed by atoms with Gasteiger partial charge in [0, 0.05) is 19.6 Å². The van der Waals surface area contributed by atoms with E-state index < -0.39 is 6.04 Å². The Balaban J connectivity index is 1.86. The first kappa shape index (κ1) is 20.4. The Morgan fingerprint density at radius 2 is 1.92 bits per heavy atom. The summed E-state index contributed by atoms with van der Waals surface area (Å²) in [5.41, 5.74) is 0.907. The number of carbonyl (C=O) groups is 2. The van der Waals surface area contributed by atoms with Gasteiger partial charge in [-0.2, -0.15) is 0 Å². The van der Waals surface area contributed by atoms with E-state index in [2.05, 4.69) is 12.2 Å². The molecule has 2 rings (SSSR count). The molecule has 0 spiro atoms. The predicted octanol–water partition coefficient (Wildman–Crippen LogP) is 1.78. The van der Waals surface area contributed by atoms with Crippen LogP contribution in [0.5, 0.6) is 0 Å². The van der Waals surface area contributed by atoms with Crippen molar-refractivity contribution in [2.75, 3.05) is 39.5 Å². The second-order valence-corrected chi connectivity index (χ2v) is 6.51. The van der Waals surface area contributed by atoms with Crippen LogP contribution in [0.25, 0.3) is 0 Å². The Labute approximate surface area is 155 Å². The van der Waals surface area contributed by atoms with Crippen molar-refractivity contribution in [3.8, 4) is 0 Å². The fourth-order valence-corrected chi connectivity index (χ4v) is 2.93. The number of carbonyl (C=O) groups excluding carboxylic acids is 2. The van der Waals surface area contributed by atoms with Gasteiger partial charge in [0.1, 0.15) is 12.6 Å². The Bertz CT molecular complexity index is 544. The number of esters is 1. The number of unbranched alkanes of at least 4 members (excludes halogenated alkanes) is 2. The van der Waals surface area contributed by atoms with Crippen LogP contribution in [0.4, 0.5) is 0 Å². The van der Waals surface area contributed by atoms with Gasteiger partial charge in [-0.15, -0.1) is 0 Å². The van der Waals surface area contributed by atoms with Crippen LogP contribution in [-0.4, -0.2) is 62.3 Å². The van der Waals surface area contributed by atoms with Crippen LogP contribution in [0, 0.1) is 0 Å². The zero-order valence-electron chi connectivity index (χ0n) is 15.6. The maximum Gasteiger partial charge on any atom is 0.310 e. The number of benzene rings is 1. The molecular formula is C20H30N2O4. The minimum absolute atomic E-state index is 0.0736. The van der Waals surface area contributed by atoms with Gasteiger partial charge in [0.25, 0.3) is 0 Å². The minimum atomic E-state index is -0.458. The summed E-state index contributed by atoms with van der Waals surface area (Å²) in [6.45, 7) is 5.39. The molecule has 1 aromatic rings. The summed E-state index contributed by atoms with van der Waals surface area (Å²) in [7, 11) is 0. The van der Waals surface area contributed by atoms with E-state index in [1.165, 1.54) is 0 Å². The molecule has 1 fully saturated rings. The van der Waals surface area contributed by atoms with Gasteiger partial charge in [-0.1, -0.05) is 50.1 Å². The maximum atomic E-state index is 12.6. The third-order valence-corrected chi connectivity index (χ3v) is 4.46. The van der Waals surface area contributed by atoms with Crippen LogP contribution in [0.3, 0.4) is 0 Å². The Kier molecular flexibility index (Phi) is 9.14. The summed E-state index contributed by atoms with van der Waals surface area (Å²) in [4.78, 5) is 26.8. The molecule has 0 aliphatic carbocycles. The van der Waals surface area contributed by atoms with Crippen molar-refractivity contribution in [2.45, 2.75) is 38.6 Å². The number of rotatable bonds is 10. The fourth-order valence-electron chi connectivity index (χ4n) is 2.93. The highest BCUT2D eigenvalue weighted by Crippen LogP contribution is 2.07. The molecular weight excluding hydrogens is 332 g/mol. The zero-order valence-corrected chi connectivity index (χ0v) is 15.6. The Hall–Kier alpha value is -1.92. The predicted molar refractivity (Wildman–Crippen MR) is 99.8 cm³/mol. The first-order valence-electron chi connectivity index (χ1n) is 9.49. The van der Waals surface area contributed by atoms with Crippen molar-refractivity contribution >= 4 is 11.9 Å². The van der Waals surface area contributed by atoms with E-state index in [-0.39, 0.29) is 24.9 Å². The average Bonchev–Trinajstić information content (AvgIpc) is 2.67. The topological polar surface area (TPSA) is 67.9 Å². The van der Waals surface area contributed by atoms with Crippen LogP contribution in [0.2, 0.25) is 0 Å². The molecule has 26 heavy (non-hydrogen) atoms. The number of nitrogens with zero attached hydrogens (tertiary/aromatic N) is 1. The lowest BCUT2D eigenvalue weighted by molar-refractivity contribution is -0.147. The van der Waals surface area contributed by atoms with Gasteiger partial charge in [0.2, 0.25) is 5.91 Å². The molecule has 0 aromatic heterocycles. The van der Waals surface area contributed by atoms with E-state index in [1.54, 1.807) is 0 Å². The van der Waals surface area contributed by atoms with Crippen LogP contribution in [0.1, 0.15) is 31.7 Å². The molecule has 1 aliphatic rings. The van der Waals surface area contributed by atoms with Gasteiger partial charge in [-0.25, -0.2) is 0 Å². The summed E-state index contributed by atoms with van der Waals surface area (Å²) in [6, 6.07) is 9.01. The quantitative estimate of drug-likeness (QED) is 0.508. The number of hydrogen-bond donors (Lipinski definition) is 1. The third-order valence-electron chi connectivity index (χ3n) is 4.46. The van der Waals surface area contributed by atoms with Crippen molar-refractivity contribution in [1.82, 2.24) is 10.2 Å². The van der Waals surface area contributed by atoms with Crippen molar-refractivity contribution in [3.63, 3.8) is 0 Å². The lowest BCUT2D eigenvalue weighted by Crippen LogP contribution is -2.53. The number of ether oxygens (including phenoxy) is 2. The Morgan fingerprint density at radius 3 is 2.62 bits per heavy atom. The highest BCUT2D eigenvalue weighted by atomic mass is 16.5. The van der Waals surface area contributed by atoms with Crippen molar-refractivity contribution in [3.05, 3.63) is 35.9 Å². The monoisotopic (exact) mass is 362 g/mol. The van der Waals surface area contributed by atoms with E-state index in [4.69, 9.17) is 9.47 Å². The largest absolute Gasteiger partial charge is 0.463 e. The summed E-state index contributed by atoms with van der Waals surface area (Å²) in [6.07, 6.45) is 3.38. The molecule has 1 saturated heterocycles. The molecule has 1 aromatic carbocycles. The van der Waals surface area contributed by atoms with Crippen molar-refractivity contribution in [1.29, 1.82) is 0 Å². The molecule has 1 aliphatic heterocycles. The van der Waals surface area contributed by atoms with E-state index in [0.29, 0.717) is 32.8 Å². The van der Waals surface area contributed by atoms with E-state index in [0.717, 1.165) is 24.8 Å². The maximum absolute atomic E-state index is 12.6. The van der Waals surface area contributed by atoms with Crippen LogP contribution < -0.4 is 5.32 Å². The number of hydrogen-bond acceptors (Lipinski definition) is 5. The normalized spacial score (nSPS) is 16.0. The van der Waals surface area contributed by atoms with Crippen LogP contribution in [-0.2, 0) is 25.5 Å². The van der Waals surface area contributed by atoms with E-state index in [9.17, 15) is 9.59 Å². The molecule has 0 radical (unpaired) electrons. The third kappa shape index (κ3) is 7.14. The van der Waals surface area contributed by atoms with Gasteiger partial charge in [-0.05, 0) is 12.0 Å². The number of amides is 1. The van der Waals surface area contributed by atoms with Gasteiger partial charge in [0.05, 0.1) is 19.6 Å². The smallest absolute Gasteiger partial charge is 0.310 e. The molecule has 1 heterocycles. The van der Waals surface area contributed by atoms with Gasteiger partial charge >= 0.3 is 5.97 Å². The van der Waals surface area contributed by atoms with E-state index in [1.807, 2.05) is 35.2 Å². The highest BCUT2D eigenvalue weighted by Gasteiger charge is 2.28. The van der Waals surface area contributed by atoms with Gasteiger partial charge < -0.3 is 14.8 Å². The zero-order chi connectivity index (χ0) is 18.6. The minimum Gasteiger partial charge on any atom is -0.463 e. The molecule has 0 bridgehead atoms. The van der Waals surface area contributed by atoms with Crippen molar-refractivity contribution in [2.24, 2.45) is 0 Å². The molecule has 6 heteroatoms. The summed E-state index contributed by atoms with van der Waals surface area (Å²) in [5.74, 6) is -0.385. The SMILES string of the molecule is CCCCCNC(=O)C(COC(=O)Cc1ccccc1)N1CCOCC1. The molecule has 0 saturated carbocycles. The second kappa shape index (κ2) is 11.6. The molecule has 1 amide bonds. The fraction of sp³-hybridized carbons (Fsp3) is 0.600. The number of morpholine rings is 1. The molecule has 1 unspecified atom stereocenters. The Morgan fingerprint density at radius 1 is 1.19 bits per heavy atom. The lowest BCUT2D eigenvalue weighted by atomic mass is 10.1. The number of nitrogens with one attached hydrogen (secondary N) is 1. The summed E-state index contributed by atoms with van der Waals surface area (Å²) in [5, 5.41) is 2.98. The lowest BCUT2D eigenvalue weighted by Gasteiger charge is -2.33. The molecule has 144 valence electrons. The summed E-state index contributed by atoms with van der Waals surface area (Å²) < 4.78 is 10.8. The highest BCUT2D eigenvalue weighted by molar-refractivity contribution is 5.82. The van der Waals surface area contributed by atoms with Crippen LogP contribution >= 0.6 is 0 Å². The first-order chi connectivity index (χ1) is 12.7. The molecule has 1 N–H and O–H groups in total. The van der Waals surface area contributed by atoms with Gasteiger partial charge in [-0.3, -0.25) is 14.5 Å². The van der Waals surface area contributed by atoms with Crippen LogP contribution in [0.15, 0.2) is 30.3 Å². The second-order valence-electron chi connectivity index (χ2n) is 6.51.